The normalized spacial score (nSPS) is 45.7. The Hall–Kier alpha value is -0.0400. The molecule has 98 valence electrons. The lowest BCUT2D eigenvalue weighted by Crippen LogP contribution is -2.32. The fourth-order valence-electron chi connectivity index (χ4n) is 4.93. The summed E-state index contributed by atoms with van der Waals surface area (Å²) >= 11 is 0. The van der Waals surface area contributed by atoms with Gasteiger partial charge in [-0.3, -0.25) is 0 Å². The van der Waals surface area contributed by atoms with Crippen LogP contribution in [0.3, 0.4) is 0 Å². The maximum Gasteiger partial charge on any atom is 0.0578 e. The van der Waals surface area contributed by atoms with E-state index in [0.29, 0.717) is 11.5 Å². The standard InChI is InChI=1S/C16H28O/c1-12(2)16-6-5-13(10-16)8-14(11-16)9-15-4-3-7-17-15/h12-15H,3-11H2,1-2H3. The van der Waals surface area contributed by atoms with Gasteiger partial charge in [0.2, 0.25) is 0 Å². The highest BCUT2D eigenvalue weighted by Crippen LogP contribution is 2.57. The first-order valence-electron chi connectivity index (χ1n) is 7.79. The second kappa shape index (κ2) is 4.57. The van der Waals surface area contributed by atoms with Gasteiger partial charge in [0.05, 0.1) is 6.10 Å². The Bertz CT molecular complexity index is 267. The molecular weight excluding hydrogens is 208 g/mol. The second-order valence-electron chi connectivity index (χ2n) is 7.30. The van der Waals surface area contributed by atoms with Gasteiger partial charge in [0, 0.05) is 6.61 Å². The van der Waals surface area contributed by atoms with Crippen molar-refractivity contribution in [1.29, 1.82) is 0 Å². The zero-order valence-corrected chi connectivity index (χ0v) is 11.6. The molecule has 2 aliphatic carbocycles. The lowest BCUT2D eigenvalue weighted by molar-refractivity contribution is 0.0457. The largest absolute Gasteiger partial charge is 0.378 e. The Morgan fingerprint density at radius 1 is 1.24 bits per heavy atom. The minimum atomic E-state index is 0.613. The molecule has 3 rings (SSSR count). The highest BCUT2D eigenvalue weighted by Gasteiger charge is 2.47. The van der Waals surface area contributed by atoms with Crippen LogP contribution in [-0.2, 0) is 4.74 Å². The van der Waals surface area contributed by atoms with Crippen molar-refractivity contribution in [2.24, 2.45) is 23.2 Å². The Labute approximate surface area is 106 Å². The molecule has 1 aliphatic heterocycles. The van der Waals surface area contributed by atoms with E-state index >= 15 is 0 Å². The van der Waals surface area contributed by atoms with Gasteiger partial charge in [0.25, 0.3) is 0 Å². The van der Waals surface area contributed by atoms with Crippen LogP contribution in [0.25, 0.3) is 0 Å². The van der Waals surface area contributed by atoms with Crippen molar-refractivity contribution in [1.82, 2.24) is 0 Å². The predicted molar refractivity (Wildman–Crippen MR) is 70.9 cm³/mol. The van der Waals surface area contributed by atoms with Gasteiger partial charge in [-0.05, 0) is 74.5 Å². The van der Waals surface area contributed by atoms with Crippen LogP contribution in [0.1, 0.15) is 65.2 Å². The molecule has 2 saturated carbocycles. The van der Waals surface area contributed by atoms with E-state index in [-0.39, 0.29) is 0 Å². The van der Waals surface area contributed by atoms with Crippen LogP contribution < -0.4 is 0 Å². The first-order chi connectivity index (χ1) is 8.18. The van der Waals surface area contributed by atoms with Crippen LogP contribution >= 0.6 is 0 Å². The van der Waals surface area contributed by atoms with Gasteiger partial charge in [-0.2, -0.15) is 0 Å². The van der Waals surface area contributed by atoms with Crippen LogP contribution in [0.5, 0.6) is 0 Å². The highest BCUT2D eigenvalue weighted by molar-refractivity contribution is 4.98. The summed E-state index contributed by atoms with van der Waals surface area (Å²) in [6, 6.07) is 0. The van der Waals surface area contributed by atoms with Crippen LogP contribution in [-0.4, -0.2) is 12.7 Å². The van der Waals surface area contributed by atoms with Gasteiger partial charge >= 0.3 is 0 Å². The molecule has 1 saturated heterocycles. The maximum atomic E-state index is 5.84. The molecule has 3 aliphatic rings. The Balaban J connectivity index is 1.63. The van der Waals surface area contributed by atoms with Crippen LogP contribution in [0.15, 0.2) is 0 Å². The quantitative estimate of drug-likeness (QED) is 0.705. The third-order valence-corrected chi connectivity index (χ3v) is 5.95. The van der Waals surface area contributed by atoms with Gasteiger partial charge < -0.3 is 4.74 Å². The van der Waals surface area contributed by atoms with Crippen molar-refractivity contribution in [3.05, 3.63) is 0 Å². The molecule has 3 fully saturated rings. The van der Waals surface area contributed by atoms with Gasteiger partial charge in [-0.1, -0.05) is 13.8 Å². The summed E-state index contributed by atoms with van der Waals surface area (Å²) in [7, 11) is 0. The molecule has 0 aromatic heterocycles. The molecule has 4 atom stereocenters. The summed E-state index contributed by atoms with van der Waals surface area (Å²) in [5.41, 5.74) is 0.714. The van der Waals surface area contributed by atoms with Crippen molar-refractivity contribution in [2.75, 3.05) is 6.61 Å². The average Bonchev–Trinajstić information content (AvgIpc) is 2.88. The molecule has 0 radical (unpaired) electrons. The van der Waals surface area contributed by atoms with Crippen molar-refractivity contribution < 1.29 is 4.74 Å². The molecule has 0 aromatic rings. The average molecular weight is 236 g/mol. The topological polar surface area (TPSA) is 9.23 Å². The fourth-order valence-corrected chi connectivity index (χ4v) is 4.93. The minimum Gasteiger partial charge on any atom is -0.378 e. The lowest BCUT2D eigenvalue weighted by atomic mass is 9.64. The van der Waals surface area contributed by atoms with Crippen LogP contribution in [0, 0.1) is 23.2 Å². The van der Waals surface area contributed by atoms with E-state index < -0.39 is 0 Å². The number of hydrogen-bond acceptors (Lipinski definition) is 1. The highest BCUT2D eigenvalue weighted by atomic mass is 16.5. The molecule has 1 heterocycles. The van der Waals surface area contributed by atoms with E-state index in [2.05, 4.69) is 13.8 Å². The van der Waals surface area contributed by atoms with Gasteiger partial charge in [-0.15, -0.1) is 0 Å². The van der Waals surface area contributed by atoms with Crippen molar-refractivity contribution in [3.8, 4) is 0 Å². The molecule has 0 N–H and O–H groups in total. The molecule has 4 unspecified atom stereocenters. The molecule has 0 aromatic carbocycles. The first-order valence-corrected chi connectivity index (χ1v) is 7.79. The molecule has 0 spiro atoms. The molecule has 17 heavy (non-hydrogen) atoms. The van der Waals surface area contributed by atoms with Crippen molar-refractivity contribution in [2.45, 2.75) is 71.3 Å². The van der Waals surface area contributed by atoms with E-state index in [1.165, 1.54) is 51.4 Å². The summed E-state index contributed by atoms with van der Waals surface area (Å²) in [5.74, 6) is 2.92. The van der Waals surface area contributed by atoms with Crippen LogP contribution in [0.4, 0.5) is 0 Å². The summed E-state index contributed by atoms with van der Waals surface area (Å²) in [6.45, 7) is 5.93. The number of fused-ring (bicyclic) bond motifs is 2. The summed E-state index contributed by atoms with van der Waals surface area (Å²) < 4.78 is 5.84. The number of rotatable bonds is 3. The first kappa shape index (κ1) is 12.0. The summed E-state index contributed by atoms with van der Waals surface area (Å²) in [5, 5.41) is 0. The monoisotopic (exact) mass is 236 g/mol. The van der Waals surface area contributed by atoms with Crippen molar-refractivity contribution >= 4 is 0 Å². The third-order valence-electron chi connectivity index (χ3n) is 5.95. The molecule has 0 amide bonds. The van der Waals surface area contributed by atoms with Gasteiger partial charge in [0.15, 0.2) is 0 Å². The van der Waals surface area contributed by atoms with E-state index in [1.54, 1.807) is 0 Å². The summed E-state index contributed by atoms with van der Waals surface area (Å²) in [4.78, 5) is 0. The smallest absolute Gasteiger partial charge is 0.0578 e. The minimum absolute atomic E-state index is 0.613. The molecular formula is C16H28O. The zero-order chi connectivity index (χ0) is 11.9. The molecule has 1 nitrogen and oxygen atoms in total. The maximum absolute atomic E-state index is 5.84. The predicted octanol–water partition coefficient (Wildman–Crippen LogP) is 4.41. The van der Waals surface area contributed by atoms with E-state index in [9.17, 15) is 0 Å². The number of hydrogen-bond donors (Lipinski definition) is 0. The number of ether oxygens (including phenoxy) is 1. The Morgan fingerprint density at radius 3 is 2.82 bits per heavy atom. The van der Waals surface area contributed by atoms with Crippen molar-refractivity contribution in [3.63, 3.8) is 0 Å². The van der Waals surface area contributed by atoms with Gasteiger partial charge in [0.1, 0.15) is 0 Å². The van der Waals surface area contributed by atoms with E-state index in [1.807, 2.05) is 0 Å². The SMILES string of the molecule is CC(C)C12CCC(CC(CC3CCCO3)C1)C2. The van der Waals surface area contributed by atoms with Gasteiger partial charge in [-0.25, -0.2) is 0 Å². The fraction of sp³-hybridized carbons (Fsp3) is 1.00. The summed E-state index contributed by atoms with van der Waals surface area (Å²) in [6.07, 6.45) is 12.2. The molecule has 1 heteroatoms. The second-order valence-corrected chi connectivity index (χ2v) is 7.30. The van der Waals surface area contributed by atoms with E-state index in [4.69, 9.17) is 4.74 Å². The Kier molecular flexibility index (Phi) is 3.23. The zero-order valence-electron chi connectivity index (χ0n) is 11.6. The lowest BCUT2D eigenvalue weighted by Gasteiger charge is -2.41. The third kappa shape index (κ3) is 2.28. The Morgan fingerprint density at radius 2 is 2.12 bits per heavy atom. The van der Waals surface area contributed by atoms with Crippen LogP contribution in [0.2, 0.25) is 0 Å². The molecule has 2 bridgehead atoms. The van der Waals surface area contributed by atoms with E-state index in [0.717, 1.165) is 24.4 Å².